The van der Waals surface area contributed by atoms with Crippen LogP contribution in [0.2, 0.25) is 0 Å². The fraction of sp³-hybridized carbons (Fsp3) is 0.133. The minimum atomic E-state index is -4.57. The second kappa shape index (κ2) is 14.8. The summed E-state index contributed by atoms with van der Waals surface area (Å²) in [6, 6.07) is 25.0. The van der Waals surface area contributed by atoms with Crippen LogP contribution in [0.15, 0.2) is 108 Å². The Kier molecular flexibility index (Phi) is 10.9. The second-order valence-corrected chi connectivity index (χ2v) is 11.5. The average molecular weight is 641 g/mol. The van der Waals surface area contributed by atoms with Crippen molar-refractivity contribution in [1.82, 2.24) is 5.06 Å². The number of amides is 3. The van der Waals surface area contributed by atoms with Crippen molar-refractivity contribution in [2.45, 2.75) is 24.3 Å². The number of nitrogens with one attached hydrogen (secondary N) is 2. The van der Waals surface area contributed by atoms with Gasteiger partial charge < -0.3 is 15.2 Å². The van der Waals surface area contributed by atoms with Gasteiger partial charge in [-0.1, -0.05) is 42.5 Å². The van der Waals surface area contributed by atoms with Gasteiger partial charge in [-0.05, 0) is 85.1 Å². The topological polar surface area (TPSA) is 154 Å². The number of carbonyl (C=O) groups excluding carboxylic acids is 2. The molecule has 0 aliphatic carbocycles. The van der Waals surface area contributed by atoms with E-state index in [1.165, 1.54) is 73.7 Å². The SMILES string of the molecule is CC(CCN(OS(=O)(=O)c1cccc(-c2ccc(F)cc2)c1)C(=O)c1ccc(NC(=O)Nc2ccccc2)cc1)OS(=O)[O-]. The van der Waals surface area contributed by atoms with Crippen molar-refractivity contribution in [2.75, 3.05) is 17.2 Å². The molecule has 0 radical (unpaired) electrons. The molecule has 3 amide bonds. The van der Waals surface area contributed by atoms with Gasteiger partial charge in [0.15, 0.2) is 0 Å². The molecule has 0 fully saturated rings. The zero-order chi connectivity index (χ0) is 31.7. The summed E-state index contributed by atoms with van der Waals surface area (Å²) in [5.41, 5.74) is 1.97. The highest BCUT2D eigenvalue weighted by molar-refractivity contribution is 7.86. The number of carbonyl (C=O) groups is 2. The number of anilines is 2. The van der Waals surface area contributed by atoms with Gasteiger partial charge in [0, 0.05) is 16.9 Å². The number of benzene rings is 4. The maximum atomic E-state index is 13.4. The van der Waals surface area contributed by atoms with Gasteiger partial charge in [-0.3, -0.25) is 8.98 Å². The first-order chi connectivity index (χ1) is 21.0. The van der Waals surface area contributed by atoms with Crippen LogP contribution in [0.5, 0.6) is 0 Å². The van der Waals surface area contributed by atoms with Gasteiger partial charge in [-0.15, -0.1) is 4.28 Å². The van der Waals surface area contributed by atoms with Gasteiger partial charge in [0.2, 0.25) is 0 Å². The van der Waals surface area contributed by atoms with Crippen molar-refractivity contribution in [3.8, 4) is 11.1 Å². The van der Waals surface area contributed by atoms with Crippen LogP contribution in [0, 0.1) is 5.82 Å². The first kappa shape index (κ1) is 32.4. The van der Waals surface area contributed by atoms with E-state index in [-0.39, 0.29) is 23.4 Å². The number of para-hydroxylation sites is 1. The van der Waals surface area contributed by atoms with Gasteiger partial charge in [-0.25, -0.2) is 13.4 Å². The summed E-state index contributed by atoms with van der Waals surface area (Å²) in [5.74, 6) is -1.30. The first-order valence-electron chi connectivity index (χ1n) is 13.1. The summed E-state index contributed by atoms with van der Waals surface area (Å²) in [5, 5.41) is 5.88. The minimum absolute atomic E-state index is 0.0234. The largest absolute Gasteiger partial charge is 0.750 e. The van der Waals surface area contributed by atoms with Crippen LogP contribution in [-0.4, -0.2) is 46.8 Å². The standard InChI is InChI=1S/C30H28FN3O8S2/c1-21(41-43(37)38)18-19-34(42-44(39,40)28-9-5-6-24(20-28)22-10-14-25(31)15-11-22)29(35)23-12-16-27(17-13-23)33-30(36)32-26-7-3-2-4-8-26/h2-17,20-21H,18-19H2,1H3,(H,37,38)(H2,32,33,36)/p-1. The van der Waals surface area contributed by atoms with Crippen LogP contribution in [0.3, 0.4) is 0 Å². The fourth-order valence-electron chi connectivity index (χ4n) is 3.94. The highest BCUT2D eigenvalue weighted by atomic mass is 32.2. The number of urea groups is 1. The molecule has 4 aromatic carbocycles. The lowest BCUT2D eigenvalue weighted by atomic mass is 10.1. The highest BCUT2D eigenvalue weighted by Crippen LogP contribution is 2.25. The number of halogens is 1. The third-order valence-electron chi connectivity index (χ3n) is 6.12. The van der Waals surface area contributed by atoms with Crippen molar-refractivity contribution in [1.29, 1.82) is 0 Å². The van der Waals surface area contributed by atoms with Crippen molar-refractivity contribution in [3.63, 3.8) is 0 Å². The van der Waals surface area contributed by atoms with Crippen LogP contribution >= 0.6 is 0 Å². The summed E-state index contributed by atoms with van der Waals surface area (Å²) < 4.78 is 71.8. The number of hydrogen-bond acceptors (Lipinski definition) is 8. The Morgan fingerprint density at radius 3 is 2.16 bits per heavy atom. The summed E-state index contributed by atoms with van der Waals surface area (Å²) >= 11 is -2.82. The van der Waals surface area contributed by atoms with Crippen molar-refractivity contribution in [3.05, 3.63) is 115 Å². The maximum absolute atomic E-state index is 13.4. The van der Waals surface area contributed by atoms with E-state index in [0.29, 0.717) is 27.6 Å². The Morgan fingerprint density at radius 1 is 0.886 bits per heavy atom. The molecule has 0 bridgehead atoms. The quantitative estimate of drug-likeness (QED) is 0.152. The van der Waals surface area contributed by atoms with Crippen molar-refractivity contribution in [2.24, 2.45) is 0 Å². The summed E-state index contributed by atoms with van der Waals surface area (Å²) in [6.45, 7) is 1.08. The minimum Gasteiger partial charge on any atom is -0.750 e. The Hall–Kier alpha value is -4.47. The Morgan fingerprint density at radius 2 is 1.52 bits per heavy atom. The molecule has 2 unspecified atom stereocenters. The molecule has 4 rings (SSSR count). The van der Waals surface area contributed by atoms with Gasteiger partial charge in [-0.2, -0.15) is 13.5 Å². The van der Waals surface area contributed by atoms with Crippen molar-refractivity contribution < 1.29 is 39.6 Å². The van der Waals surface area contributed by atoms with E-state index in [0.717, 1.165) is 0 Å². The molecule has 0 spiro atoms. The van der Waals surface area contributed by atoms with E-state index in [1.54, 1.807) is 36.4 Å². The van der Waals surface area contributed by atoms with E-state index in [1.807, 2.05) is 0 Å². The summed E-state index contributed by atoms with van der Waals surface area (Å²) in [6.07, 6.45) is -0.990. The normalized spacial score (nSPS) is 12.6. The zero-order valence-electron chi connectivity index (χ0n) is 23.2. The molecule has 4 aromatic rings. The van der Waals surface area contributed by atoms with Crippen LogP contribution < -0.4 is 10.6 Å². The summed E-state index contributed by atoms with van der Waals surface area (Å²) in [7, 11) is -4.57. The number of rotatable bonds is 12. The molecule has 14 heteroatoms. The lowest BCUT2D eigenvalue weighted by Gasteiger charge is -2.23. The van der Waals surface area contributed by atoms with E-state index < -0.39 is 45.3 Å². The predicted octanol–water partition coefficient (Wildman–Crippen LogP) is 5.49. The van der Waals surface area contributed by atoms with Gasteiger partial charge in [0.1, 0.15) is 5.82 Å². The van der Waals surface area contributed by atoms with Crippen LogP contribution in [0.4, 0.5) is 20.6 Å². The molecule has 44 heavy (non-hydrogen) atoms. The molecule has 0 saturated carbocycles. The second-order valence-electron chi connectivity index (χ2n) is 9.39. The molecule has 0 saturated heterocycles. The number of nitrogens with zero attached hydrogens (tertiary/aromatic N) is 1. The Bertz CT molecular complexity index is 1720. The predicted molar refractivity (Wildman–Crippen MR) is 161 cm³/mol. The molecule has 2 atom stereocenters. The lowest BCUT2D eigenvalue weighted by Crippen LogP contribution is -2.36. The van der Waals surface area contributed by atoms with E-state index in [4.69, 9.17) is 4.28 Å². The third-order valence-corrected chi connectivity index (χ3v) is 7.81. The van der Waals surface area contributed by atoms with Crippen LogP contribution in [0.1, 0.15) is 23.7 Å². The highest BCUT2D eigenvalue weighted by Gasteiger charge is 2.27. The lowest BCUT2D eigenvalue weighted by molar-refractivity contribution is -0.0328. The Labute approximate surface area is 256 Å². The number of hydroxylamine groups is 2. The third kappa shape index (κ3) is 9.26. The molecule has 0 heterocycles. The van der Waals surface area contributed by atoms with Crippen LogP contribution in [-0.2, 0) is 29.9 Å². The molecule has 0 aromatic heterocycles. The fourth-order valence-corrected chi connectivity index (χ4v) is 5.29. The van der Waals surface area contributed by atoms with Crippen LogP contribution in [0.25, 0.3) is 11.1 Å². The molecule has 2 N–H and O–H groups in total. The van der Waals surface area contributed by atoms with E-state index in [2.05, 4.69) is 14.8 Å². The first-order valence-corrected chi connectivity index (χ1v) is 15.5. The molecule has 230 valence electrons. The van der Waals surface area contributed by atoms with Gasteiger partial charge in [0.05, 0.1) is 28.9 Å². The Balaban J connectivity index is 1.52. The molecule has 0 aliphatic rings. The van der Waals surface area contributed by atoms with Crippen molar-refractivity contribution >= 4 is 44.8 Å². The monoisotopic (exact) mass is 640 g/mol. The number of hydrogen-bond donors (Lipinski definition) is 2. The molecular formula is C30H27FN3O8S2-. The molecule has 11 nitrogen and oxygen atoms in total. The van der Waals surface area contributed by atoms with E-state index >= 15 is 0 Å². The molecule has 0 aliphatic heterocycles. The average Bonchev–Trinajstić information content (AvgIpc) is 3.00. The van der Waals surface area contributed by atoms with E-state index in [9.17, 15) is 31.2 Å². The van der Waals surface area contributed by atoms with Gasteiger partial charge in [0.25, 0.3) is 5.91 Å². The smallest absolute Gasteiger partial charge is 0.323 e. The zero-order valence-corrected chi connectivity index (χ0v) is 24.8. The van der Waals surface area contributed by atoms with Gasteiger partial charge >= 0.3 is 16.1 Å². The summed E-state index contributed by atoms with van der Waals surface area (Å²) in [4.78, 5) is 25.4. The maximum Gasteiger partial charge on any atom is 0.323 e. The molecular weight excluding hydrogens is 613 g/mol.